The molecule has 1 aliphatic rings. The summed E-state index contributed by atoms with van der Waals surface area (Å²) in [5, 5.41) is 10.6. The van der Waals surface area contributed by atoms with Gasteiger partial charge in [-0.2, -0.15) is 5.10 Å². The Labute approximate surface area is 122 Å². The molecule has 2 unspecified atom stereocenters. The van der Waals surface area contributed by atoms with Crippen molar-refractivity contribution < 1.29 is 0 Å². The third-order valence-corrected chi connectivity index (χ3v) is 4.40. The van der Waals surface area contributed by atoms with Gasteiger partial charge in [0.1, 0.15) is 11.2 Å². The maximum Gasteiger partial charge on any atom is 0.138 e. The van der Waals surface area contributed by atoms with Crippen molar-refractivity contribution in [1.82, 2.24) is 20.2 Å². The number of aromatic amines is 1. The van der Waals surface area contributed by atoms with Gasteiger partial charge in [-0.25, -0.2) is 4.98 Å². The summed E-state index contributed by atoms with van der Waals surface area (Å²) in [6.45, 7) is 3.10. The number of aromatic nitrogens is 4. The third kappa shape index (κ3) is 1.94. The van der Waals surface area contributed by atoms with Gasteiger partial charge in [0.05, 0.1) is 18.1 Å². The molecule has 21 heavy (non-hydrogen) atoms. The van der Waals surface area contributed by atoms with E-state index in [2.05, 4.69) is 32.0 Å². The molecule has 108 valence electrons. The Bertz CT molecular complexity index is 795. The second kappa shape index (κ2) is 4.66. The molecule has 0 amide bonds. The SMILES string of the molecule is CC1CCC(N)CN1c1cnnc2cnc3[nH]ccc3c12. The van der Waals surface area contributed by atoms with E-state index in [4.69, 9.17) is 5.73 Å². The highest BCUT2D eigenvalue weighted by Crippen LogP contribution is 2.33. The molecule has 6 nitrogen and oxygen atoms in total. The van der Waals surface area contributed by atoms with E-state index in [-0.39, 0.29) is 6.04 Å². The fraction of sp³-hybridized carbons (Fsp3) is 0.400. The van der Waals surface area contributed by atoms with Crippen LogP contribution in [0.2, 0.25) is 0 Å². The van der Waals surface area contributed by atoms with Crippen molar-refractivity contribution in [3.05, 3.63) is 24.7 Å². The minimum atomic E-state index is 0.216. The standard InChI is InChI=1S/C15H18N6/c1-9-2-3-10(16)8-21(9)13-7-19-20-12-6-18-15-11(14(12)13)4-5-17-15/h4-7,9-10H,2-3,8,16H2,1H3,(H,17,18). The van der Waals surface area contributed by atoms with Crippen molar-refractivity contribution in [3.8, 4) is 0 Å². The lowest BCUT2D eigenvalue weighted by molar-refractivity contribution is 0.437. The first-order valence-corrected chi connectivity index (χ1v) is 7.34. The maximum atomic E-state index is 6.17. The molecule has 6 heteroatoms. The average Bonchev–Trinajstić information content (AvgIpc) is 2.98. The number of nitrogens with one attached hydrogen (secondary N) is 1. The number of fused-ring (bicyclic) bond motifs is 3. The predicted octanol–water partition coefficient (Wildman–Crippen LogP) is 1.82. The zero-order valence-electron chi connectivity index (χ0n) is 12.0. The number of rotatable bonds is 1. The maximum absolute atomic E-state index is 6.17. The fourth-order valence-electron chi connectivity index (χ4n) is 3.24. The minimum absolute atomic E-state index is 0.216. The number of pyridine rings is 1. The molecule has 2 atom stereocenters. The summed E-state index contributed by atoms with van der Waals surface area (Å²) in [4.78, 5) is 9.91. The third-order valence-electron chi connectivity index (χ3n) is 4.40. The molecule has 0 radical (unpaired) electrons. The van der Waals surface area contributed by atoms with Crippen LogP contribution in [0.3, 0.4) is 0 Å². The lowest BCUT2D eigenvalue weighted by Crippen LogP contribution is -2.47. The normalized spacial score (nSPS) is 23.0. The second-order valence-electron chi connectivity index (χ2n) is 5.83. The molecule has 4 rings (SSSR count). The number of hydrogen-bond donors (Lipinski definition) is 2. The number of H-pyrrole nitrogens is 1. The molecule has 1 aliphatic heterocycles. The van der Waals surface area contributed by atoms with Crippen LogP contribution >= 0.6 is 0 Å². The molecule has 3 N–H and O–H groups in total. The molecule has 0 aromatic carbocycles. The average molecular weight is 282 g/mol. The molecule has 3 aromatic rings. The van der Waals surface area contributed by atoms with Crippen LogP contribution in [0.15, 0.2) is 24.7 Å². The van der Waals surface area contributed by atoms with E-state index in [1.54, 1.807) is 6.20 Å². The van der Waals surface area contributed by atoms with Gasteiger partial charge < -0.3 is 15.6 Å². The van der Waals surface area contributed by atoms with Gasteiger partial charge in [-0.15, -0.1) is 5.10 Å². The second-order valence-corrected chi connectivity index (χ2v) is 5.83. The first-order valence-electron chi connectivity index (χ1n) is 7.34. The van der Waals surface area contributed by atoms with Gasteiger partial charge >= 0.3 is 0 Å². The van der Waals surface area contributed by atoms with Gasteiger partial charge in [0.25, 0.3) is 0 Å². The summed E-state index contributed by atoms with van der Waals surface area (Å²) in [6, 6.07) is 2.72. The minimum Gasteiger partial charge on any atom is -0.365 e. The van der Waals surface area contributed by atoms with E-state index in [1.807, 2.05) is 18.5 Å². The monoisotopic (exact) mass is 282 g/mol. The van der Waals surface area contributed by atoms with Crippen molar-refractivity contribution in [2.24, 2.45) is 5.73 Å². The van der Waals surface area contributed by atoms with Crippen LogP contribution in [0.25, 0.3) is 21.9 Å². The van der Waals surface area contributed by atoms with E-state index in [0.717, 1.165) is 47.0 Å². The first kappa shape index (κ1) is 12.5. The van der Waals surface area contributed by atoms with Gasteiger partial charge in [-0.3, -0.25) is 0 Å². The summed E-state index contributed by atoms with van der Waals surface area (Å²) in [5.74, 6) is 0. The molecule has 4 heterocycles. The van der Waals surface area contributed by atoms with Crippen LogP contribution < -0.4 is 10.6 Å². The topological polar surface area (TPSA) is 83.7 Å². The van der Waals surface area contributed by atoms with Crippen LogP contribution in [-0.2, 0) is 0 Å². The van der Waals surface area contributed by atoms with Crippen LogP contribution in [-0.4, -0.2) is 38.8 Å². The Kier molecular flexibility index (Phi) is 2.78. The first-order chi connectivity index (χ1) is 10.2. The van der Waals surface area contributed by atoms with Gasteiger partial charge in [-0.05, 0) is 25.8 Å². The summed E-state index contributed by atoms with van der Waals surface area (Å²) < 4.78 is 0. The lowest BCUT2D eigenvalue weighted by Gasteiger charge is -2.38. The van der Waals surface area contributed by atoms with Crippen LogP contribution in [0, 0.1) is 0 Å². The van der Waals surface area contributed by atoms with Crippen molar-refractivity contribution >= 4 is 27.6 Å². The number of nitrogens with zero attached hydrogens (tertiary/aromatic N) is 4. The van der Waals surface area contributed by atoms with Gasteiger partial charge in [0.15, 0.2) is 0 Å². The Morgan fingerprint density at radius 3 is 3.14 bits per heavy atom. The zero-order valence-corrected chi connectivity index (χ0v) is 12.0. The number of piperidine rings is 1. The van der Waals surface area contributed by atoms with Gasteiger partial charge in [-0.1, -0.05) is 0 Å². The van der Waals surface area contributed by atoms with Crippen molar-refractivity contribution in [2.45, 2.75) is 31.8 Å². The number of hydrogen-bond acceptors (Lipinski definition) is 5. The Balaban J connectivity index is 1.97. The molecule has 0 aliphatic carbocycles. The van der Waals surface area contributed by atoms with Crippen molar-refractivity contribution in [1.29, 1.82) is 0 Å². The number of anilines is 1. The molecule has 0 bridgehead atoms. The predicted molar refractivity (Wildman–Crippen MR) is 83.2 cm³/mol. The van der Waals surface area contributed by atoms with Crippen LogP contribution in [0.4, 0.5) is 5.69 Å². The van der Waals surface area contributed by atoms with E-state index in [9.17, 15) is 0 Å². The summed E-state index contributed by atoms with van der Waals surface area (Å²) in [7, 11) is 0. The van der Waals surface area contributed by atoms with Crippen molar-refractivity contribution in [3.63, 3.8) is 0 Å². The Morgan fingerprint density at radius 1 is 1.33 bits per heavy atom. The smallest absolute Gasteiger partial charge is 0.138 e. The highest BCUT2D eigenvalue weighted by molar-refractivity contribution is 6.09. The summed E-state index contributed by atoms with van der Waals surface area (Å²) in [5.41, 5.74) is 8.98. The fourth-order valence-corrected chi connectivity index (χ4v) is 3.24. The summed E-state index contributed by atoms with van der Waals surface area (Å²) in [6.07, 6.45) is 7.72. The highest BCUT2D eigenvalue weighted by atomic mass is 15.2. The molecular weight excluding hydrogens is 264 g/mol. The molecule has 3 aromatic heterocycles. The molecule has 0 saturated carbocycles. The molecule has 0 spiro atoms. The van der Waals surface area contributed by atoms with E-state index < -0.39 is 0 Å². The Morgan fingerprint density at radius 2 is 2.24 bits per heavy atom. The molecular formula is C15H18N6. The van der Waals surface area contributed by atoms with Crippen LogP contribution in [0.5, 0.6) is 0 Å². The van der Waals surface area contributed by atoms with E-state index in [0.29, 0.717) is 6.04 Å². The van der Waals surface area contributed by atoms with E-state index >= 15 is 0 Å². The summed E-state index contributed by atoms with van der Waals surface area (Å²) >= 11 is 0. The van der Waals surface area contributed by atoms with E-state index in [1.165, 1.54) is 0 Å². The van der Waals surface area contributed by atoms with Gasteiger partial charge in [0, 0.05) is 35.6 Å². The van der Waals surface area contributed by atoms with Crippen LogP contribution in [0.1, 0.15) is 19.8 Å². The Hall–Kier alpha value is -2.21. The van der Waals surface area contributed by atoms with Gasteiger partial charge in [0.2, 0.25) is 0 Å². The quantitative estimate of drug-likeness (QED) is 0.711. The number of nitrogens with two attached hydrogens (primary N) is 1. The molecule has 1 fully saturated rings. The highest BCUT2D eigenvalue weighted by Gasteiger charge is 2.25. The molecule has 1 saturated heterocycles. The van der Waals surface area contributed by atoms with Crippen molar-refractivity contribution in [2.75, 3.05) is 11.4 Å². The zero-order chi connectivity index (χ0) is 14.4. The lowest BCUT2D eigenvalue weighted by atomic mass is 9.98. The largest absolute Gasteiger partial charge is 0.365 e.